The van der Waals surface area contributed by atoms with Crippen LogP contribution in [0.2, 0.25) is 0 Å². The molecule has 0 saturated heterocycles. The number of anilines is 1. The minimum Gasteiger partial charge on any atom is -0.327 e. The number of hydrogen-bond donors (Lipinski definition) is 3. The minimum absolute atomic E-state index is 0.254. The van der Waals surface area contributed by atoms with Crippen LogP contribution in [0.3, 0.4) is 0 Å². The van der Waals surface area contributed by atoms with Gasteiger partial charge in [0, 0.05) is 15.9 Å². The molecule has 3 N–H and O–H groups in total. The van der Waals surface area contributed by atoms with Crippen molar-refractivity contribution >= 4 is 33.6 Å². The van der Waals surface area contributed by atoms with E-state index in [2.05, 4.69) is 31.9 Å². The number of hydrogen-bond acceptors (Lipinski definition) is 2. The Bertz CT molecular complexity index is 801. The Labute approximate surface area is 148 Å². The van der Waals surface area contributed by atoms with E-state index in [4.69, 9.17) is 0 Å². The van der Waals surface area contributed by atoms with E-state index >= 15 is 0 Å². The monoisotopic (exact) mass is 385 g/mol. The Morgan fingerprint density at radius 1 is 1.08 bits per heavy atom. The van der Waals surface area contributed by atoms with Crippen molar-refractivity contribution in [3.63, 3.8) is 0 Å². The van der Waals surface area contributed by atoms with Crippen LogP contribution in [0, 0.1) is 0 Å². The van der Waals surface area contributed by atoms with Crippen molar-refractivity contribution in [3.8, 4) is 0 Å². The molecule has 1 heterocycles. The van der Waals surface area contributed by atoms with E-state index in [-0.39, 0.29) is 11.9 Å². The maximum atomic E-state index is 12.8. The van der Waals surface area contributed by atoms with Gasteiger partial charge < -0.3 is 16.0 Å². The average molecular weight is 386 g/mol. The van der Waals surface area contributed by atoms with Crippen molar-refractivity contribution in [3.05, 3.63) is 75.9 Å². The van der Waals surface area contributed by atoms with E-state index in [0.29, 0.717) is 17.0 Å². The SMILES string of the molecule is CC1=C(C(=O)Nc2ccc(Br)cc2)C(c2ccccc2)NC(=O)N1. The molecule has 0 bridgehead atoms. The zero-order valence-corrected chi connectivity index (χ0v) is 14.6. The lowest BCUT2D eigenvalue weighted by Gasteiger charge is -2.28. The molecule has 3 rings (SSSR count). The van der Waals surface area contributed by atoms with E-state index < -0.39 is 6.04 Å². The maximum absolute atomic E-state index is 12.8. The molecule has 122 valence electrons. The Balaban J connectivity index is 1.92. The molecule has 24 heavy (non-hydrogen) atoms. The van der Waals surface area contributed by atoms with Crippen molar-refractivity contribution in [1.82, 2.24) is 10.6 Å². The summed E-state index contributed by atoms with van der Waals surface area (Å²) < 4.78 is 0.935. The predicted octanol–water partition coefficient (Wildman–Crippen LogP) is 3.72. The molecule has 0 radical (unpaired) electrons. The molecule has 2 aromatic carbocycles. The molecule has 2 aromatic rings. The van der Waals surface area contributed by atoms with E-state index in [0.717, 1.165) is 10.0 Å². The normalized spacial score (nSPS) is 17.1. The largest absolute Gasteiger partial charge is 0.327 e. The van der Waals surface area contributed by atoms with Gasteiger partial charge in [0.25, 0.3) is 5.91 Å². The van der Waals surface area contributed by atoms with E-state index in [1.165, 1.54) is 0 Å². The Kier molecular flexibility index (Phi) is 4.66. The first-order valence-corrected chi connectivity index (χ1v) is 8.24. The quantitative estimate of drug-likeness (QED) is 0.753. The van der Waals surface area contributed by atoms with Crippen LogP contribution >= 0.6 is 15.9 Å². The van der Waals surface area contributed by atoms with Crippen LogP contribution < -0.4 is 16.0 Å². The molecule has 0 aromatic heterocycles. The van der Waals surface area contributed by atoms with Crippen molar-refractivity contribution in [2.24, 2.45) is 0 Å². The predicted molar refractivity (Wildman–Crippen MR) is 96.3 cm³/mol. The van der Waals surface area contributed by atoms with Gasteiger partial charge in [0.1, 0.15) is 0 Å². The summed E-state index contributed by atoms with van der Waals surface area (Å²) in [6, 6.07) is 15.9. The third kappa shape index (κ3) is 3.49. The van der Waals surface area contributed by atoms with Gasteiger partial charge in [-0.15, -0.1) is 0 Å². The number of rotatable bonds is 3. The number of nitrogens with one attached hydrogen (secondary N) is 3. The van der Waals surface area contributed by atoms with Crippen LogP contribution in [0.1, 0.15) is 18.5 Å². The highest BCUT2D eigenvalue weighted by molar-refractivity contribution is 9.10. The summed E-state index contributed by atoms with van der Waals surface area (Å²) in [6.45, 7) is 1.73. The summed E-state index contributed by atoms with van der Waals surface area (Å²) in [5.41, 5.74) is 2.57. The molecular weight excluding hydrogens is 370 g/mol. The molecule has 0 fully saturated rings. The molecule has 0 spiro atoms. The number of allylic oxidation sites excluding steroid dienone is 1. The Morgan fingerprint density at radius 3 is 2.42 bits per heavy atom. The summed E-state index contributed by atoms with van der Waals surface area (Å²) in [7, 11) is 0. The number of carbonyl (C=O) groups is 2. The summed E-state index contributed by atoms with van der Waals surface area (Å²) in [6.07, 6.45) is 0. The maximum Gasteiger partial charge on any atom is 0.319 e. The summed E-state index contributed by atoms with van der Waals surface area (Å²) >= 11 is 3.37. The second kappa shape index (κ2) is 6.88. The van der Waals surface area contributed by atoms with Gasteiger partial charge >= 0.3 is 6.03 Å². The first-order valence-electron chi connectivity index (χ1n) is 7.45. The molecule has 0 aliphatic carbocycles. The minimum atomic E-state index is -0.490. The van der Waals surface area contributed by atoms with Gasteiger partial charge in [-0.2, -0.15) is 0 Å². The van der Waals surface area contributed by atoms with Gasteiger partial charge in [0.05, 0.1) is 11.6 Å². The van der Waals surface area contributed by atoms with Crippen molar-refractivity contribution in [2.45, 2.75) is 13.0 Å². The molecule has 0 saturated carbocycles. The summed E-state index contributed by atoms with van der Waals surface area (Å²) in [5, 5.41) is 8.35. The molecule has 1 unspecified atom stereocenters. The van der Waals surface area contributed by atoms with Crippen LogP contribution in [0.5, 0.6) is 0 Å². The Hall–Kier alpha value is -2.60. The van der Waals surface area contributed by atoms with Crippen LogP contribution in [0.4, 0.5) is 10.5 Å². The van der Waals surface area contributed by atoms with Gasteiger partial charge in [-0.05, 0) is 36.8 Å². The van der Waals surface area contributed by atoms with Crippen LogP contribution in [-0.2, 0) is 4.79 Å². The van der Waals surface area contributed by atoms with Crippen molar-refractivity contribution in [1.29, 1.82) is 0 Å². The van der Waals surface area contributed by atoms with Crippen molar-refractivity contribution in [2.75, 3.05) is 5.32 Å². The number of halogens is 1. The highest BCUT2D eigenvalue weighted by Crippen LogP contribution is 2.27. The fourth-order valence-electron chi connectivity index (χ4n) is 2.62. The number of urea groups is 1. The summed E-state index contributed by atoms with van der Waals surface area (Å²) in [5.74, 6) is -0.254. The first kappa shape index (κ1) is 16.3. The first-order chi connectivity index (χ1) is 11.5. The molecule has 3 amide bonds. The van der Waals surface area contributed by atoms with Gasteiger partial charge in [-0.1, -0.05) is 46.3 Å². The van der Waals surface area contributed by atoms with Crippen LogP contribution in [0.25, 0.3) is 0 Å². The second-order valence-electron chi connectivity index (χ2n) is 5.44. The fraction of sp³-hybridized carbons (Fsp3) is 0.111. The average Bonchev–Trinajstić information content (AvgIpc) is 2.57. The molecular formula is C18H16BrN3O2. The fourth-order valence-corrected chi connectivity index (χ4v) is 2.89. The zero-order chi connectivity index (χ0) is 17.1. The van der Waals surface area contributed by atoms with Gasteiger partial charge in [-0.25, -0.2) is 4.79 Å². The van der Waals surface area contributed by atoms with E-state index in [1.54, 1.807) is 6.92 Å². The third-order valence-corrected chi connectivity index (χ3v) is 4.28. The van der Waals surface area contributed by atoms with Gasteiger partial charge in [0.15, 0.2) is 0 Å². The number of carbonyl (C=O) groups excluding carboxylic acids is 2. The lowest BCUT2D eigenvalue weighted by atomic mass is 9.95. The lowest BCUT2D eigenvalue weighted by molar-refractivity contribution is -0.113. The van der Waals surface area contributed by atoms with E-state index in [9.17, 15) is 9.59 Å². The lowest BCUT2D eigenvalue weighted by Crippen LogP contribution is -2.45. The molecule has 1 aliphatic heterocycles. The van der Waals surface area contributed by atoms with E-state index in [1.807, 2.05) is 54.6 Å². The van der Waals surface area contributed by atoms with Gasteiger partial charge in [0.2, 0.25) is 0 Å². The van der Waals surface area contributed by atoms with Gasteiger partial charge in [-0.3, -0.25) is 4.79 Å². The smallest absolute Gasteiger partial charge is 0.319 e. The molecule has 5 nitrogen and oxygen atoms in total. The second-order valence-corrected chi connectivity index (χ2v) is 6.36. The Morgan fingerprint density at radius 2 is 1.75 bits per heavy atom. The van der Waals surface area contributed by atoms with Crippen LogP contribution in [0.15, 0.2) is 70.3 Å². The highest BCUT2D eigenvalue weighted by Gasteiger charge is 2.30. The molecule has 1 atom stereocenters. The summed E-state index contributed by atoms with van der Waals surface area (Å²) in [4.78, 5) is 24.6. The van der Waals surface area contributed by atoms with Crippen molar-refractivity contribution < 1.29 is 9.59 Å². The standard InChI is InChI=1S/C18H16BrN3O2/c1-11-15(17(23)21-14-9-7-13(19)8-10-14)16(22-18(24)20-11)12-5-3-2-4-6-12/h2-10,16H,1H3,(H,21,23)(H2,20,22,24). The van der Waals surface area contributed by atoms with Crippen LogP contribution in [-0.4, -0.2) is 11.9 Å². The highest BCUT2D eigenvalue weighted by atomic mass is 79.9. The molecule has 1 aliphatic rings. The zero-order valence-electron chi connectivity index (χ0n) is 13.0. The third-order valence-electron chi connectivity index (χ3n) is 3.75. The number of amides is 3. The topological polar surface area (TPSA) is 70.2 Å². The molecule has 6 heteroatoms. The number of benzene rings is 2.